The molecule has 5 rings (SSSR count). The Balaban J connectivity index is 1.53. The van der Waals surface area contributed by atoms with E-state index in [9.17, 15) is 18.8 Å². The van der Waals surface area contributed by atoms with Gasteiger partial charge < -0.3 is 26.4 Å². The number of methoxy groups -OCH3 is 1. The van der Waals surface area contributed by atoms with Crippen LogP contribution in [0, 0.1) is 17.0 Å². The summed E-state index contributed by atoms with van der Waals surface area (Å²) in [5.41, 5.74) is 4.87. The lowest BCUT2D eigenvalue weighted by atomic mass is 9.69. The van der Waals surface area contributed by atoms with Crippen molar-refractivity contribution in [3.05, 3.63) is 76.3 Å². The zero-order valence-corrected chi connectivity index (χ0v) is 24.3. The molecule has 0 radical (unpaired) electrons. The molecule has 3 unspecified atom stereocenters. The molecule has 220 valence electrons. The summed E-state index contributed by atoms with van der Waals surface area (Å²) in [7, 11) is 1.39. The van der Waals surface area contributed by atoms with Gasteiger partial charge in [0.2, 0.25) is 17.7 Å². The normalized spacial score (nSPS) is 21.3. The molecule has 2 aliphatic rings. The molecule has 3 amide bonds. The molecule has 1 fully saturated rings. The first-order chi connectivity index (χ1) is 19.7. The van der Waals surface area contributed by atoms with Crippen LogP contribution in [0.25, 0.3) is 11.1 Å². The van der Waals surface area contributed by atoms with Crippen LogP contribution in [0.1, 0.15) is 49.5 Å². The zero-order valence-electron chi connectivity index (χ0n) is 23.5. The molecular formula is C31H31ClF2N4O4. The van der Waals surface area contributed by atoms with Crippen LogP contribution in [0.15, 0.2) is 48.5 Å². The Kier molecular flexibility index (Phi) is 7.49. The molecule has 2 heterocycles. The average Bonchev–Trinajstić information content (AvgIpc) is 3.42. The Labute approximate surface area is 247 Å². The van der Waals surface area contributed by atoms with Crippen LogP contribution in [-0.4, -0.2) is 36.9 Å². The molecule has 0 bridgehead atoms. The standard InChI is InChI=1S/C31H31ClF2N4O4/c1-30(2,3)14-24-31(13-22(36-24)28(40)37-20-9-8-15(27(35)39)12-23(20)42-4)25-19(33)10-16(11-21(25)38-29(31)41)17-6-5-7-18(32)26(17)34/h5-12,22,24,36H,13-14H2,1-4H3,(H2,35,39)(H,37,40)(H,38,41). The number of anilines is 2. The van der Waals surface area contributed by atoms with Crippen LogP contribution >= 0.6 is 11.6 Å². The van der Waals surface area contributed by atoms with Crippen molar-refractivity contribution in [2.75, 3.05) is 17.7 Å². The maximum Gasteiger partial charge on any atom is 0.248 e. The van der Waals surface area contributed by atoms with Crippen molar-refractivity contribution in [1.29, 1.82) is 0 Å². The second kappa shape index (κ2) is 10.7. The molecule has 2 aliphatic heterocycles. The molecule has 11 heteroatoms. The minimum atomic E-state index is -1.40. The first kappa shape index (κ1) is 29.5. The number of hydrogen-bond acceptors (Lipinski definition) is 5. The lowest BCUT2D eigenvalue weighted by molar-refractivity contribution is -0.121. The van der Waals surface area contributed by atoms with E-state index in [0.717, 1.165) is 0 Å². The van der Waals surface area contributed by atoms with Crippen molar-refractivity contribution in [2.24, 2.45) is 11.1 Å². The summed E-state index contributed by atoms with van der Waals surface area (Å²) in [6, 6.07) is 10.1. The van der Waals surface area contributed by atoms with Crippen LogP contribution in [0.2, 0.25) is 5.02 Å². The number of fused-ring (bicyclic) bond motifs is 2. The van der Waals surface area contributed by atoms with E-state index in [0.29, 0.717) is 12.1 Å². The first-order valence-electron chi connectivity index (χ1n) is 13.4. The Morgan fingerprint density at radius 2 is 1.90 bits per heavy atom. The Morgan fingerprint density at radius 1 is 1.17 bits per heavy atom. The zero-order chi connectivity index (χ0) is 30.6. The number of halogens is 3. The van der Waals surface area contributed by atoms with Crippen molar-refractivity contribution in [2.45, 2.75) is 51.1 Å². The fraction of sp³-hybridized carbons (Fsp3) is 0.323. The predicted molar refractivity (Wildman–Crippen MR) is 157 cm³/mol. The monoisotopic (exact) mass is 596 g/mol. The van der Waals surface area contributed by atoms with Gasteiger partial charge in [0, 0.05) is 28.4 Å². The van der Waals surface area contributed by atoms with Crippen molar-refractivity contribution in [3.63, 3.8) is 0 Å². The predicted octanol–water partition coefficient (Wildman–Crippen LogP) is 5.39. The number of amides is 3. The topological polar surface area (TPSA) is 123 Å². The first-order valence-corrected chi connectivity index (χ1v) is 13.8. The lowest BCUT2D eigenvalue weighted by Gasteiger charge is -2.33. The van der Waals surface area contributed by atoms with Crippen molar-refractivity contribution < 1.29 is 27.9 Å². The van der Waals surface area contributed by atoms with Gasteiger partial charge in [0.25, 0.3) is 0 Å². The molecule has 0 aliphatic carbocycles. The van der Waals surface area contributed by atoms with E-state index >= 15 is 4.39 Å². The number of nitrogens with one attached hydrogen (secondary N) is 3. The molecule has 0 aromatic heterocycles. The number of benzene rings is 3. The van der Waals surface area contributed by atoms with E-state index < -0.39 is 46.9 Å². The largest absolute Gasteiger partial charge is 0.495 e. The number of ether oxygens (including phenoxy) is 1. The highest BCUT2D eigenvalue weighted by Crippen LogP contribution is 2.51. The molecule has 3 atom stereocenters. The summed E-state index contributed by atoms with van der Waals surface area (Å²) < 4.78 is 36.2. The number of hydrogen-bond donors (Lipinski definition) is 4. The van der Waals surface area contributed by atoms with Crippen molar-refractivity contribution in [3.8, 4) is 16.9 Å². The van der Waals surface area contributed by atoms with Gasteiger partial charge in [-0.15, -0.1) is 0 Å². The third-order valence-corrected chi connectivity index (χ3v) is 8.14. The minimum Gasteiger partial charge on any atom is -0.495 e. The highest BCUT2D eigenvalue weighted by molar-refractivity contribution is 6.31. The summed E-state index contributed by atoms with van der Waals surface area (Å²) in [6.07, 6.45) is 0.423. The fourth-order valence-electron chi connectivity index (χ4n) is 6.01. The Bertz CT molecular complexity index is 1620. The second-order valence-corrected chi connectivity index (χ2v) is 12.3. The van der Waals surface area contributed by atoms with E-state index in [1.54, 1.807) is 6.07 Å². The molecule has 1 saturated heterocycles. The van der Waals surface area contributed by atoms with Crippen LogP contribution in [-0.2, 0) is 15.0 Å². The summed E-state index contributed by atoms with van der Waals surface area (Å²) >= 11 is 5.95. The summed E-state index contributed by atoms with van der Waals surface area (Å²) in [5, 5.41) is 8.80. The van der Waals surface area contributed by atoms with Crippen molar-refractivity contribution >= 4 is 40.7 Å². The van der Waals surface area contributed by atoms with Gasteiger partial charge in [-0.25, -0.2) is 8.78 Å². The molecule has 0 saturated carbocycles. The highest BCUT2D eigenvalue weighted by Gasteiger charge is 2.60. The van der Waals surface area contributed by atoms with Gasteiger partial charge in [0.05, 0.1) is 29.3 Å². The Morgan fingerprint density at radius 3 is 2.57 bits per heavy atom. The minimum absolute atomic E-state index is 0.0259. The van der Waals surface area contributed by atoms with Gasteiger partial charge in [-0.1, -0.05) is 44.5 Å². The van der Waals surface area contributed by atoms with Crippen LogP contribution in [0.5, 0.6) is 5.75 Å². The van der Waals surface area contributed by atoms with Gasteiger partial charge in [0.15, 0.2) is 0 Å². The summed E-state index contributed by atoms with van der Waals surface area (Å²) in [5.74, 6) is -2.71. The number of rotatable bonds is 6. The van der Waals surface area contributed by atoms with Gasteiger partial charge in [-0.3, -0.25) is 14.4 Å². The molecular weight excluding hydrogens is 566 g/mol. The molecule has 42 heavy (non-hydrogen) atoms. The van der Waals surface area contributed by atoms with Crippen LogP contribution in [0.3, 0.4) is 0 Å². The molecule has 5 N–H and O–H groups in total. The highest BCUT2D eigenvalue weighted by atomic mass is 35.5. The number of carbonyl (C=O) groups is 3. The third-order valence-electron chi connectivity index (χ3n) is 7.85. The van der Waals surface area contributed by atoms with Crippen LogP contribution < -0.4 is 26.4 Å². The SMILES string of the molecule is COc1cc(C(N)=O)ccc1NC(=O)C1CC2(C(=O)Nc3cc(-c4cccc(Cl)c4F)cc(F)c32)C(CC(C)(C)C)N1. The van der Waals surface area contributed by atoms with E-state index in [2.05, 4.69) is 16.0 Å². The smallest absolute Gasteiger partial charge is 0.248 e. The van der Waals surface area contributed by atoms with E-state index in [1.165, 1.54) is 49.6 Å². The molecule has 1 spiro atoms. The van der Waals surface area contributed by atoms with Crippen LogP contribution in [0.4, 0.5) is 20.2 Å². The molecule has 3 aromatic rings. The van der Waals surface area contributed by atoms with Gasteiger partial charge in [0.1, 0.15) is 17.4 Å². The molecule has 3 aromatic carbocycles. The number of primary amides is 1. The maximum absolute atomic E-state index is 16.1. The number of nitrogens with two attached hydrogens (primary N) is 1. The number of carbonyl (C=O) groups excluding carboxylic acids is 3. The fourth-order valence-corrected chi connectivity index (χ4v) is 6.18. The average molecular weight is 597 g/mol. The second-order valence-electron chi connectivity index (χ2n) is 11.9. The third kappa shape index (κ3) is 5.09. The Hall–Kier alpha value is -4.02. The summed E-state index contributed by atoms with van der Waals surface area (Å²) in [4.78, 5) is 38.9. The van der Waals surface area contributed by atoms with Gasteiger partial charge >= 0.3 is 0 Å². The lowest BCUT2D eigenvalue weighted by Crippen LogP contribution is -2.48. The summed E-state index contributed by atoms with van der Waals surface area (Å²) in [6.45, 7) is 5.99. The van der Waals surface area contributed by atoms with E-state index in [4.69, 9.17) is 22.1 Å². The quantitative estimate of drug-likeness (QED) is 0.304. The molecule has 8 nitrogen and oxygen atoms in total. The van der Waals surface area contributed by atoms with Gasteiger partial charge in [-0.05, 0) is 60.2 Å². The van der Waals surface area contributed by atoms with Crippen molar-refractivity contribution in [1.82, 2.24) is 5.32 Å². The van der Waals surface area contributed by atoms with E-state index in [-0.39, 0.29) is 50.5 Å². The van der Waals surface area contributed by atoms with E-state index in [1.807, 2.05) is 20.8 Å². The van der Waals surface area contributed by atoms with Gasteiger partial charge in [-0.2, -0.15) is 0 Å². The maximum atomic E-state index is 16.1.